The molecule has 0 aliphatic carbocycles. The summed E-state index contributed by atoms with van der Waals surface area (Å²) in [6.07, 6.45) is 2.22. The Hall–Kier alpha value is -0.810. The molecule has 3 atom stereocenters. The van der Waals surface area contributed by atoms with Gasteiger partial charge in [-0.1, -0.05) is 6.92 Å². The molecule has 1 fully saturated rings. The second kappa shape index (κ2) is 6.57. The van der Waals surface area contributed by atoms with Crippen molar-refractivity contribution in [2.45, 2.75) is 70.7 Å². The second-order valence-electron chi connectivity index (χ2n) is 6.29. The van der Waals surface area contributed by atoms with Crippen LogP contribution in [0.2, 0.25) is 0 Å². The highest BCUT2D eigenvalue weighted by molar-refractivity contribution is 5.69. The summed E-state index contributed by atoms with van der Waals surface area (Å²) in [5, 5.41) is 0. The van der Waals surface area contributed by atoms with Crippen molar-refractivity contribution in [3.63, 3.8) is 0 Å². The fourth-order valence-corrected chi connectivity index (χ4v) is 2.64. The van der Waals surface area contributed by atoms with E-state index in [0.717, 1.165) is 19.3 Å². The minimum Gasteiger partial charge on any atom is -0.444 e. The van der Waals surface area contributed by atoms with Crippen LogP contribution >= 0.6 is 0 Å². The van der Waals surface area contributed by atoms with Crippen molar-refractivity contribution in [1.82, 2.24) is 4.90 Å². The van der Waals surface area contributed by atoms with Crippen molar-refractivity contribution in [3.8, 4) is 0 Å². The van der Waals surface area contributed by atoms with Gasteiger partial charge < -0.3 is 15.2 Å². The topological polar surface area (TPSA) is 64.8 Å². The third kappa shape index (κ3) is 4.66. The fourth-order valence-electron chi connectivity index (χ4n) is 2.64. The number of methoxy groups -OCH3 is 1. The minimum absolute atomic E-state index is 0.00792. The molecule has 1 aliphatic rings. The summed E-state index contributed by atoms with van der Waals surface area (Å²) >= 11 is 0. The number of hydrogen-bond acceptors (Lipinski definition) is 4. The Bertz CT molecular complexity index is 302. The van der Waals surface area contributed by atoms with E-state index in [-0.39, 0.29) is 24.2 Å². The molecule has 112 valence electrons. The third-order valence-corrected chi connectivity index (χ3v) is 3.37. The normalized spacial score (nSPS) is 28.3. The van der Waals surface area contributed by atoms with Crippen LogP contribution in [0, 0.1) is 0 Å². The SMILES string of the molecule is CC[C@@H]1C[C@H](N)C[C@H](COC)N1C(=O)OC(C)(C)C. The minimum atomic E-state index is -0.480. The molecule has 0 aromatic carbocycles. The number of nitrogens with zero attached hydrogens (tertiary/aromatic N) is 1. The lowest BCUT2D eigenvalue weighted by Crippen LogP contribution is -2.57. The van der Waals surface area contributed by atoms with Gasteiger partial charge in [-0.25, -0.2) is 4.79 Å². The molecule has 2 N–H and O–H groups in total. The number of likely N-dealkylation sites (tertiary alicyclic amines) is 1. The molecule has 0 saturated carbocycles. The quantitative estimate of drug-likeness (QED) is 0.855. The Morgan fingerprint density at radius 2 is 1.89 bits per heavy atom. The highest BCUT2D eigenvalue weighted by Crippen LogP contribution is 2.26. The van der Waals surface area contributed by atoms with Crippen LogP contribution in [0.25, 0.3) is 0 Å². The smallest absolute Gasteiger partial charge is 0.410 e. The highest BCUT2D eigenvalue weighted by Gasteiger charge is 2.38. The predicted octanol–water partition coefficient (Wildman–Crippen LogP) is 2.14. The second-order valence-corrected chi connectivity index (χ2v) is 6.29. The molecule has 5 heteroatoms. The molecule has 1 aliphatic heterocycles. The van der Waals surface area contributed by atoms with Gasteiger partial charge in [0, 0.05) is 19.2 Å². The van der Waals surface area contributed by atoms with Gasteiger partial charge in [0.15, 0.2) is 0 Å². The summed E-state index contributed by atoms with van der Waals surface area (Å²) in [6, 6.07) is 0.274. The predicted molar refractivity (Wildman–Crippen MR) is 75.0 cm³/mol. The first kappa shape index (κ1) is 16.2. The van der Waals surface area contributed by atoms with E-state index in [9.17, 15) is 4.79 Å². The molecule has 0 unspecified atom stereocenters. The van der Waals surface area contributed by atoms with Crippen LogP contribution in [-0.2, 0) is 9.47 Å². The Morgan fingerprint density at radius 3 is 2.37 bits per heavy atom. The molecule has 1 rings (SSSR count). The van der Waals surface area contributed by atoms with Crippen LogP contribution in [0.3, 0.4) is 0 Å². The van der Waals surface area contributed by atoms with Crippen molar-refractivity contribution < 1.29 is 14.3 Å². The van der Waals surface area contributed by atoms with Gasteiger partial charge in [-0.3, -0.25) is 4.90 Å². The van der Waals surface area contributed by atoms with E-state index >= 15 is 0 Å². The van der Waals surface area contributed by atoms with E-state index in [4.69, 9.17) is 15.2 Å². The van der Waals surface area contributed by atoms with Crippen LogP contribution in [0.4, 0.5) is 4.79 Å². The van der Waals surface area contributed by atoms with Crippen molar-refractivity contribution >= 4 is 6.09 Å². The molecule has 0 bridgehead atoms. The van der Waals surface area contributed by atoms with Gasteiger partial charge in [-0.05, 0) is 40.0 Å². The van der Waals surface area contributed by atoms with Crippen molar-refractivity contribution in [2.24, 2.45) is 5.73 Å². The molecule has 0 aromatic rings. The number of hydrogen-bond donors (Lipinski definition) is 1. The van der Waals surface area contributed by atoms with Gasteiger partial charge in [0.2, 0.25) is 0 Å². The average Bonchev–Trinajstić information content (AvgIpc) is 2.25. The van der Waals surface area contributed by atoms with Crippen LogP contribution < -0.4 is 5.73 Å². The Kier molecular flexibility index (Phi) is 5.62. The van der Waals surface area contributed by atoms with E-state index in [2.05, 4.69) is 6.92 Å². The van der Waals surface area contributed by atoms with E-state index < -0.39 is 5.60 Å². The standard InChI is InChI=1S/C14H28N2O3/c1-6-11-7-10(15)8-12(9-18-5)16(11)13(17)19-14(2,3)4/h10-12H,6-9,15H2,1-5H3/t10-,11+,12+/m0/s1. The summed E-state index contributed by atoms with van der Waals surface area (Å²) in [6.45, 7) is 8.22. The monoisotopic (exact) mass is 272 g/mol. The molecule has 5 nitrogen and oxygen atoms in total. The van der Waals surface area contributed by atoms with Gasteiger partial charge in [0.1, 0.15) is 5.60 Å². The van der Waals surface area contributed by atoms with E-state index in [1.807, 2.05) is 25.7 Å². The number of ether oxygens (including phenoxy) is 2. The maximum absolute atomic E-state index is 12.4. The average molecular weight is 272 g/mol. The van der Waals surface area contributed by atoms with E-state index in [1.54, 1.807) is 7.11 Å². The molecule has 0 radical (unpaired) electrons. The molecule has 19 heavy (non-hydrogen) atoms. The fraction of sp³-hybridized carbons (Fsp3) is 0.929. The lowest BCUT2D eigenvalue weighted by molar-refractivity contribution is -0.0227. The van der Waals surface area contributed by atoms with Crippen molar-refractivity contribution in [3.05, 3.63) is 0 Å². The Balaban J connectivity index is 2.85. The van der Waals surface area contributed by atoms with Gasteiger partial charge in [-0.15, -0.1) is 0 Å². The Labute approximate surface area is 116 Å². The molecule has 0 spiro atoms. The molecule has 0 aromatic heterocycles. The maximum atomic E-state index is 12.4. The number of carbonyl (C=O) groups excluding carboxylic acids is 1. The third-order valence-electron chi connectivity index (χ3n) is 3.37. The van der Waals surface area contributed by atoms with Crippen LogP contribution in [0.1, 0.15) is 47.0 Å². The van der Waals surface area contributed by atoms with Gasteiger partial charge in [0.05, 0.1) is 12.6 Å². The summed E-state index contributed by atoms with van der Waals surface area (Å²) in [7, 11) is 1.65. The molecule has 1 heterocycles. The van der Waals surface area contributed by atoms with Crippen LogP contribution in [0.5, 0.6) is 0 Å². The van der Waals surface area contributed by atoms with Gasteiger partial charge in [0.25, 0.3) is 0 Å². The molecular weight excluding hydrogens is 244 g/mol. The molecule has 1 amide bonds. The lowest BCUT2D eigenvalue weighted by Gasteiger charge is -2.44. The Morgan fingerprint density at radius 1 is 1.32 bits per heavy atom. The largest absolute Gasteiger partial charge is 0.444 e. The maximum Gasteiger partial charge on any atom is 0.410 e. The van der Waals surface area contributed by atoms with Crippen LogP contribution in [-0.4, -0.2) is 48.4 Å². The number of rotatable bonds is 3. The highest BCUT2D eigenvalue weighted by atomic mass is 16.6. The zero-order valence-corrected chi connectivity index (χ0v) is 12.8. The summed E-state index contributed by atoms with van der Waals surface area (Å²) in [5.74, 6) is 0. The van der Waals surface area contributed by atoms with Gasteiger partial charge in [-0.2, -0.15) is 0 Å². The summed E-state index contributed by atoms with van der Waals surface area (Å²) in [5.41, 5.74) is 5.60. The number of amides is 1. The first-order valence-electron chi connectivity index (χ1n) is 7.04. The first-order chi connectivity index (χ1) is 8.78. The summed E-state index contributed by atoms with van der Waals surface area (Å²) < 4.78 is 10.7. The van der Waals surface area contributed by atoms with Crippen LogP contribution in [0.15, 0.2) is 0 Å². The van der Waals surface area contributed by atoms with Gasteiger partial charge >= 0.3 is 6.09 Å². The van der Waals surface area contributed by atoms with Crippen molar-refractivity contribution in [1.29, 1.82) is 0 Å². The van der Waals surface area contributed by atoms with E-state index in [0.29, 0.717) is 6.61 Å². The molecule has 1 saturated heterocycles. The first-order valence-corrected chi connectivity index (χ1v) is 7.04. The van der Waals surface area contributed by atoms with Crippen molar-refractivity contribution in [2.75, 3.05) is 13.7 Å². The summed E-state index contributed by atoms with van der Waals surface area (Å²) in [4.78, 5) is 14.2. The number of piperidine rings is 1. The zero-order chi connectivity index (χ0) is 14.6. The molecular formula is C14H28N2O3. The zero-order valence-electron chi connectivity index (χ0n) is 12.8. The number of carbonyl (C=O) groups is 1. The van der Waals surface area contributed by atoms with E-state index in [1.165, 1.54) is 0 Å². The number of nitrogens with two attached hydrogens (primary N) is 1. The lowest BCUT2D eigenvalue weighted by atomic mass is 9.91.